The van der Waals surface area contributed by atoms with Gasteiger partial charge in [-0.15, -0.1) is 0 Å². The average molecular weight is 401 g/mol. The Hall–Kier alpha value is -2.57. The Morgan fingerprint density at radius 2 is 1.75 bits per heavy atom. The summed E-state index contributed by atoms with van der Waals surface area (Å²) in [6, 6.07) is 12.9. The quantitative estimate of drug-likeness (QED) is 0.825. The van der Waals surface area contributed by atoms with Crippen molar-refractivity contribution >= 4 is 34.9 Å². The van der Waals surface area contributed by atoms with Gasteiger partial charge in [0.2, 0.25) is 5.91 Å². The number of piperazine rings is 1. The number of carbonyl (C=O) groups is 2. The van der Waals surface area contributed by atoms with Crippen molar-refractivity contribution in [1.82, 2.24) is 10.2 Å². The van der Waals surface area contributed by atoms with E-state index in [4.69, 9.17) is 11.6 Å². The van der Waals surface area contributed by atoms with Crippen molar-refractivity contribution in [1.29, 1.82) is 0 Å². The van der Waals surface area contributed by atoms with Gasteiger partial charge in [0, 0.05) is 42.6 Å². The number of aryl methyl sites for hydroxylation is 2. The Labute approximate surface area is 170 Å². The molecule has 0 radical (unpaired) electrons. The molecule has 0 bridgehead atoms. The Bertz CT molecular complexity index is 863. The molecule has 1 heterocycles. The van der Waals surface area contributed by atoms with Crippen LogP contribution in [-0.4, -0.2) is 49.6 Å². The number of hydrogen-bond acceptors (Lipinski definition) is 4. The fourth-order valence-electron chi connectivity index (χ4n) is 3.19. The maximum absolute atomic E-state index is 12.2. The predicted octanol–water partition coefficient (Wildman–Crippen LogP) is 3.43. The number of nitrogens with zero attached hydrogens (tertiary/aromatic N) is 2. The minimum Gasteiger partial charge on any atom is -0.369 e. The van der Waals surface area contributed by atoms with Crippen molar-refractivity contribution in [2.75, 3.05) is 42.9 Å². The summed E-state index contributed by atoms with van der Waals surface area (Å²) >= 11 is 6.06. The van der Waals surface area contributed by atoms with Crippen LogP contribution in [0.15, 0.2) is 42.5 Å². The summed E-state index contributed by atoms with van der Waals surface area (Å²) in [5.41, 5.74) is 3.99. The number of amides is 3. The minimum atomic E-state index is -0.509. The third-order valence-electron chi connectivity index (χ3n) is 4.93. The largest absolute Gasteiger partial charge is 0.369 e. The molecule has 1 saturated heterocycles. The van der Waals surface area contributed by atoms with Gasteiger partial charge in [0.05, 0.1) is 6.54 Å². The van der Waals surface area contributed by atoms with Crippen LogP contribution in [0, 0.1) is 13.8 Å². The topological polar surface area (TPSA) is 64.7 Å². The van der Waals surface area contributed by atoms with E-state index in [9.17, 15) is 9.59 Å². The van der Waals surface area contributed by atoms with Crippen LogP contribution < -0.4 is 15.5 Å². The third-order valence-corrected chi connectivity index (χ3v) is 5.17. The van der Waals surface area contributed by atoms with E-state index in [1.807, 2.05) is 61.2 Å². The SMILES string of the molecule is Cc1ccc(NC(=O)NC(=O)CN2CCN(c3cccc(Cl)c3)CC2)cc1C. The molecule has 0 saturated carbocycles. The highest BCUT2D eigenvalue weighted by Crippen LogP contribution is 2.20. The first-order chi connectivity index (χ1) is 13.4. The van der Waals surface area contributed by atoms with Crippen molar-refractivity contribution in [3.63, 3.8) is 0 Å². The predicted molar refractivity (Wildman–Crippen MR) is 113 cm³/mol. The van der Waals surface area contributed by atoms with Crippen LogP contribution >= 0.6 is 11.6 Å². The third kappa shape index (κ3) is 5.47. The monoisotopic (exact) mass is 400 g/mol. The van der Waals surface area contributed by atoms with Crippen LogP contribution in [0.2, 0.25) is 5.02 Å². The molecule has 0 spiro atoms. The second-order valence-electron chi connectivity index (χ2n) is 7.04. The van der Waals surface area contributed by atoms with Crippen LogP contribution in [0.25, 0.3) is 0 Å². The van der Waals surface area contributed by atoms with E-state index in [-0.39, 0.29) is 12.5 Å². The average Bonchev–Trinajstić information content (AvgIpc) is 2.65. The molecule has 3 amide bonds. The van der Waals surface area contributed by atoms with Gasteiger partial charge in [-0.25, -0.2) is 4.79 Å². The second-order valence-corrected chi connectivity index (χ2v) is 7.48. The zero-order valence-corrected chi connectivity index (χ0v) is 16.9. The van der Waals surface area contributed by atoms with E-state index >= 15 is 0 Å². The molecular weight excluding hydrogens is 376 g/mol. The highest BCUT2D eigenvalue weighted by atomic mass is 35.5. The number of halogens is 1. The molecule has 0 aliphatic carbocycles. The Morgan fingerprint density at radius 1 is 1.00 bits per heavy atom. The lowest BCUT2D eigenvalue weighted by Crippen LogP contribution is -2.50. The number of imide groups is 1. The molecule has 0 aromatic heterocycles. The van der Waals surface area contributed by atoms with Gasteiger partial charge < -0.3 is 10.2 Å². The molecule has 3 rings (SSSR count). The van der Waals surface area contributed by atoms with Crippen LogP contribution in [0.3, 0.4) is 0 Å². The molecule has 0 atom stereocenters. The van der Waals surface area contributed by atoms with E-state index in [1.165, 1.54) is 0 Å². The molecule has 2 N–H and O–H groups in total. The van der Waals surface area contributed by atoms with Gasteiger partial charge in [0.1, 0.15) is 0 Å². The normalized spacial score (nSPS) is 14.6. The molecule has 2 aromatic carbocycles. The summed E-state index contributed by atoms with van der Waals surface area (Å²) in [4.78, 5) is 28.5. The number of benzene rings is 2. The van der Waals surface area contributed by atoms with Crippen molar-refractivity contribution in [3.8, 4) is 0 Å². The van der Waals surface area contributed by atoms with E-state index in [0.717, 1.165) is 43.0 Å². The van der Waals surface area contributed by atoms with E-state index in [0.29, 0.717) is 10.7 Å². The summed E-state index contributed by atoms with van der Waals surface area (Å²) in [6.07, 6.45) is 0. The Morgan fingerprint density at radius 3 is 2.43 bits per heavy atom. The maximum Gasteiger partial charge on any atom is 0.325 e. The smallest absolute Gasteiger partial charge is 0.325 e. The first-order valence-electron chi connectivity index (χ1n) is 9.31. The summed E-state index contributed by atoms with van der Waals surface area (Å²) in [6.45, 7) is 7.30. The number of anilines is 2. The summed E-state index contributed by atoms with van der Waals surface area (Å²) in [5, 5.41) is 5.82. The fraction of sp³-hybridized carbons (Fsp3) is 0.333. The van der Waals surface area contributed by atoms with Crippen LogP contribution in [0.5, 0.6) is 0 Å². The van der Waals surface area contributed by atoms with Gasteiger partial charge in [0.15, 0.2) is 0 Å². The lowest BCUT2D eigenvalue weighted by molar-refractivity contribution is -0.121. The summed E-state index contributed by atoms with van der Waals surface area (Å²) in [5.74, 6) is -0.308. The van der Waals surface area contributed by atoms with Crippen molar-refractivity contribution in [3.05, 3.63) is 58.6 Å². The molecule has 7 heteroatoms. The molecule has 28 heavy (non-hydrogen) atoms. The lowest BCUT2D eigenvalue weighted by Gasteiger charge is -2.35. The van der Waals surface area contributed by atoms with E-state index in [2.05, 4.69) is 15.5 Å². The number of urea groups is 1. The van der Waals surface area contributed by atoms with Gasteiger partial charge in [-0.3, -0.25) is 15.0 Å². The van der Waals surface area contributed by atoms with Crippen molar-refractivity contribution in [2.24, 2.45) is 0 Å². The number of carbonyl (C=O) groups excluding carboxylic acids is 2. The highest BCUT2D eigenvalue weighted by molar-refractivity contribution is 6.30. The van der Waals surface area contributed by atoms with Crippen LogP contribution in [-0.2, 0) is 4.79 Å². The number of rotatable bonds is 4. The molecular formula is C21H25ClN4O2. The fourth-order valence-corrected chi connectivity index (χ4v) is 3.37. The Kier molecular flexibility index (Phi) is 6.54. The molecule has 1 fully saturated rings. The van der Waals surface area contributed by atoms with Gasteiger partial charge in [0.25, 0.3) is 0 Å². The standard InChI is InChI=1S/C21H25ClN4O2/c1-15-6-7-18(12-16(15)2)23-21(28)24-20(27)14-25-8-10-26(11-9-25)19-5-3-4-17(22)13-19/h3-7,12-13H,8-11,14H2,1-2H3,(H2,23,24,27,28). The number of hydrogen-bond donors (Lipinski definition) is 2. The first-order valence-corrected chi connectivity index (χ1v) is 9.69. The van der Waals surface area contributed by atoms with Crippen molar-refractivity contribution in [2.45, 2.75) is 13.8 Å². The van der Waals surface area contributed by atoms with Gasteiger partial charge in [-0.05, 0) is 55.3 Å². The number of nitrogens with one attached hydrogen (secondary N) is 2. The van der Waals surface area contributed by atoms with E-state index in [1.54, 1.807) is 0 Å². The van der Waals surface area contributed by atoms with E-state index < -0.39 is 6.03 Å². The zero-order valence-electron chi connectivity index (χ0n) is 16.2. The summed E-state index contributed by atoms with van der Waals surface area (Å²) in [7, 11) is 0. The molecule has 2 aromatic rings. The molecule has 1 aliphatic rings. The molecule has 148 valence electrons. The Balaban J connectivity index is 1.44. The van der Waals surface area contributed by atoms with Crippen LogP contribution in [0.1, 0.15) is 11.1 Å². The molecule has 6 nitrogen and oxygen atoms in total. The lowest BCUT2D eigenvalue weighted by atomic mass is 10.1. The van der Waals surface area contributed by atoms with Gasteiger partial charge in [-0.2, -0.15) is 0 Å². The maximum atomic E-state index is 12.2. The summed E-state index contributed by atoms with van der Waals surface area (Å²) < 4.78 is 0. The first kappa shape index (κ1) is 20.2. The van der Waals surface area contributed by atoms with Crippen molar-refractivity contribution < 1.29 is 9.59 Å². The molecule has 1 aliphatic heterocycles. The van der Waals surface area contributed by atoms with Gasteiger partial charge in [-0.1, -0.05) is 23.7 Å². The van der Waals surface area contributed by atoms with Gasteiger partial charge >= 0.3 is 6.03 Å². The second kappa shape index (κ2) is 9.08. The zero-order chi connectivity index (χ0) is 20.1. The van der Waals surface area contributed by atoms with Crippen LogP contribution in [0.4, 0.5) is 16.2 Å². The molecule has 0 unspecified atom stereocenters. The highest BCUT2D eigenvalue weighted by Gasteiger charge is 2.20. The minimum absolute atomic E-state index is 0.198.